The Labute approximate surface area is 158 Å². The number of nitrogens with one attached hydrogen (secondary N) is 2. The lowest BCUT2D eigenvalue weighted by molar-refractivity contribution is -0.126. The van der Waals surface area contributed by atoms with Crippen LogP contribution in [0, 0.1) is 12.7 Å². The summed E-state index contributed by atoms with van der Waals surface area (Å²) in [5.41, 5.74) is 1.95. The number of hydrogen-bond acceptors (Lipinski definition) is 4. The molecule has 1 aromatic carbocycles. The smallest absolute Gasteiger partial charge is 0.239 e. The predicted octanol–water partition coefficient (Wildman–Crippen LogP) is 2.15. The van der Waals surface area contributed by atoms with Crippen LogP contribution in [0.25, 0.3) is 0 Å². The van der Waals surface area contributed by atoms with E-state index >= 15 is 0 Å². The number of carbonyl (C=O) groups excluding carboxylic acids is 2. The molecule has 0 saturated heterocycles. The molecule has 1 aromatic heterocycles. The number of pyridine rings is 1. The first kappa shape index (κ1) is 20.5. The van der Waals surface area contributed by atoms with Gasteiger partial charge in [0.05, 0.1) is 12.6 Å². The fourth-order valence-corrected chi connectivity index (χ4v) is 2.48. The fraction of sp³-hybridized carbons (Fsp3) is 0.350. The highest BCUT2D eigenvalue weighted by atomic mass is 19.1. The van der Waals surface area contributed by atoms with Gasteiger partial charge in [-0.3, -0.25) is 14.5 Å². The number of rotatable bonds is 8. The minimum Gasteiger partial charge on any atom is -0.354 e. The van der Waals surface area contributed by atoms with Crippen molar-refractivity contribution in [3.8, 4) is 0 Å². The van der Waals surface area contributed by atoms with Gasteiger partial charge in [-0.2, -0.15) is 0 Å². The maximum absolute atomic E-state index is 12.9. The van der Waals surface area contributed by atoms with Gasteiger partial charge in [0.1, 0.15) is 11.6 Å². The van der Waals surface area contributed by atoms with E-state index in [1.54, 1.807) is 43.3 Å². The van der Waals surface area contributed by atoms with E-state index in [1.807, 2.05) is 13.0 Å². The topological polar surface area (TPSA) is 74.3 Å². The van der Waals surface area contributed by atoms with E-state index in [0.717, 1.165) is 11.1 Å². The zero-order valence-corrected chi connectivity index (χ0v) is 15.8. The number of anilines is 1. The molecule has 6 nitrogen and oxygen atoms in total. The molecule has 0 aliphatic heterocycles. The molecule has 0 spiro atoms. The van der Waals surface area contributed by atoms with Crippen molar-refractivity contribution in [3.05, 3.63) is 59.5 Å². The van der Waals surface area contributed by atoms with Crippen molar-refractivity contribution in [3.63, 3.8) is 0 Å². The molecule has 27 heavy (non-hydrogen) atoms. The van der Waals surface area contributed by atoms with Gasteiger partial charge in [-0.15, -0.1) is 0 Å². The molecule has 2 N–H and O–H groups in total. The second-order valence-electron chi connectivity index (χ2n) is 6.53. The van der Waals surface area contributed by atoms with E-state index in [1.165, 1.54) is 12.1 Å². The molecule has 2 aromatic rings. The van der Waals surface area contributed by atoms with E-state index in [-0.39, 0.29) is 24.2 Å². The SMILES string of the molecule is Cc1ccnc(NC(=O)CN(C)C(C)C(=O)NCCc2ccc(F)cc2)c1. The summed E-state index contributed by atoms with van der Waals surface area (Å²) in [6.07, 6.45) is 2.24. The lowest BCUT2D eigenvalue weighted by Crippen LogP contribution is -2.46. The number of amides is 2. The molecule has 144 valence electrons. The van der Waals surface area contributed by atoms with Crippen LogP contribution in [0.15, 0.2) is 42.6 Å². The molecule has 0 aliphatic rings. The first-order valence-corrected chi connectivity index (χ1v) is 8.80. The highest BCUT2D eigenvalue weighted by Crippen LogP contribution is 2.06. The summed E-state index contributed by atoms with van der Waals surface area (Å²) in [4.78, 5) is 30.1. The van der Waals surface area contributed by atoms with Crippen molar-refractivity contribution in [1.82, 2.24) is 15.2 Å². The van der Waals surface area contributed by atoms with Gasteiger partial charge in [-0.1, -0.05) is 12.1 Å². The van der Waals surface area contributed by atoms with E-state index in [0.29, 0.717) is 18.8 Å². The maximum Gasteiger partial charge on any atom is 0.239 e. The Morgan fingerprint density at radius 1 is 1.22 bits per heavy atom. The zero-order valence-electron chi connectivity index (χ0n) is 15.8. The van der Waals surface area contributed by atoms with Gasteiger partial charge >= 0.3 is 0 Å². The van der Waals surface area contributed by atoms with Crippen molar-refractivity contribution >= 4 is 17.6 Å². The Morgan fingerprint density at radius 3 is 2.59 bits per heavy atom. The Bertz CT molecular complexity index is 780. The summed E-state index contributed by atoms with van der Waals surface area (Å²) in [7, 11) is 1.72. The van der Waals surface area contributed by atoms with Crippen LogP contribution in [-0.2, 0) is 16.0 Å². The first-order chi connectivity index (χ1) is 12.8. The highest BCUT2D eigenvalue weighted by Gasteiger charge is 2.20. The zero-order chi connectivity index (χ0) is 19.8. The number of nitrogens with zero attached hydrogens (tertiary/aromatic N) is 2. The molecular weight excluding hydrogens is 347 g/mol. The van der Waals surface area contributed by atoms with Crippen LogP contribution < -0.4 is 10.6 Å². The second-order valence-corrected chi connectivity index (χ2v) is 6.53. The van der Waals surface area contributed by atoms with Crippen LogP contribution in [0.3, 0.4) is 0 Å². The number of carbonyl (C=O) groups is 2. The molecule has 2 rings (SSSR count). The van der Waals surface area contributed by atoms with Gasteiger partial charge in [-0.25, -0.2) is 9.37 Å². The third kappa shape index (κ3) is 6.79. The Kier molecular flexibility index (Phi) is 7.43. The maximum atomic E-state index is 12.9. The van der Waals surface area contributed by atoms with E-state index in [9.17, 15) is 14.0 Å². The van der Waals surface area contributed by atoms with Crippen molar-refractivity contribution in [2.45, 2.75) is 26.3 Å². The summed E-state index contributed by atoms with van der Waals surface area (Å²) in [5.74, 6) is -0.190. The number of aromatic nitrogens is 1. The summed E-state index contributed by atoms with van der Waals surface area (Å²) < 4.78 is 12.9. The standard InChI is InChI=1S/C20H25FN4O2/c1-14-8-10-22-18(12-14)24-19(26)13-25(3)15(2)20(27)23-11-9-16-4-6-17(21)7-5-16/h4-8,10,12,15H,9,11,13H2,1-3H3,(H,23,27)(H,22,24,26). The first-order valence-electron chi connectivity index (χ1n) is 8.80. The van der Waals surface area contributed by atoms with Gasteiger partial charge in [0.15, 0.2) is 0 Å². The van der Waals surface area contributed by atoms with Crippen molar-refractivity contribution in [2.75, 3.05) is 25.5 Å². The second kappa shape index (κ2) is 9.78. The lowest BCUT2D eigenvalue weighted by atomic mass is 10.1. The minimum atomic E-state index is -0.463. The van der Waals surface area contributed by atoms with Gasteiger partial charge in [0, 0.05) is 12.7 Å². The monoisotopic (exact) mass is 372 g/mol. The van der Waals surface area contributed by atoms with Crippen LogP contribution in [0.4, 0.5) is 10.2 Å². The third-order valence-corrected chi connectivity index (χ3v) is 4.24. The minimum absolute atomic E-state index is 0.0716. The molecule has 0 saturated carbocycles. The van der Waals surface area contributed by atoms with Crippen LogP contribution in [0.1, 0.15) is 18.1 Å². The number of hydrogen-bond donors (Lipinski definition) is 2. The van der Waals surface area contributed by atoms with Gasteiger partial charge in [-0.05, 0) is 62.7 Å². The quantitative estimate of drug-likeness (QED) is 0.745. The summed E-state index contributed by atoms with van der Waals surface area (Å²) in [6.45, 7) is 4.18. The van der Waals surface area contributed by atoms with Crippen LogP contribution in [0.2, 0.25) is 0 Å². The summed E-state index contributed by atoms with van der Waals surface area (Å²) >= 11 is 0. The Morgan fingerprint density at radius 2 is 1.93 bits per heavy atom. The molecule has 0 bridgehead atoms. The number of likely N-dealkylation sites (N-methyl/N-ethyl adjacent to an activating group) is 1. The van der Waals surface area contributed by atoms with Crippen molar-refractivity contribution in [1.29, 1.82) is 0 Å². The highest BCUT2D eigenvalue weighted by molar-refractivity contribution is 5.92. The summed E-state index contributed by atoms with van der Waals surface area (Å²) in [6, 6.07) is 9.35. The molecule has 7 heteroatoms. The van der Waals surface area contributed by atoms with Crippen LogP contribution >= 0.6 is 0 Å². The van der Waals surface area contributed by atoms with Crippen LogP contribution in [-0.4, -0.2) is 47.9 Å². The molecule has 1 atom stereocenters. The fourth-order valence-electron chi connectivity index (χ4n) is 2.48. The van der Waals surface area contributed by atoms with Gasteiger partial charge < -0.3 is 10.6 Å². The molecule has 0 aliphatic carbocycles. The molecular formula is C20H25FN4O2. The van der Waals surface area contributed by atoms with Crippen molar-refractivity contribution in [2.24, 2.45) is 0 Å². The third-order valence-electron chi connectivity index (χ3n) is 4.24. The summed E-state index contributed by atoms with van der Waals surface area (Å²) in [5, 5.41) is 5.56. The average molecular weight is 372 g/mol. The molecule has 0 fully saturated rings. The Balaban J connectivity index is 1.75. The molecule has 2 amide bonds. The van der Waals surface area contributed by atoms with Gasteiger partial charge in [0.25, 0.3) is 0 Å². The number of benzene rings is 1. The lowest BCUT2D eigenvalue weighted by Gasteiger charge is -2.23. The predicted molar refractivity (Wildman–Crippen MR) is 103 cm³/mol. The van der Waals surface area contributed by atoms with Gasteiger partial charge in [0.2, 0.25) is 11.8 Å². The van der Waals surface area contributed by atoms with E-state index < -0.39 is 6.04 Å². The molecule has 1 unspecified atom stereocenters. The molecule has 0 radical (unpaired) electrons. The molecule has 1 heterocycles. The number of halogens is 1. The number of aryl methyl sites for hydroxylation is 1. The van der Waals surface area contributed by atoms with E-state index in [2.05, 4.69) is 15.6 Å². The average Bonchev–Trinajstić information content (AvgIpc) is 2.62. The van der Waals surface area contributed by atoms with Crippen molar-refractivity contribution < 1.29 is 14.0 Å². The van der Waals surface area contributed by atoms with E-state index in [4.69, 9.17) is 0 Å². The largest absolute Gasteiger partial charge is 0.354 e. The Hall–Kier alpha value is -2.80. The van der Waals surface area contributed by atoms with Crippen LogP contribution in [0.5, 0.6) is 0 Å². The normalized spacial score (nSPS) is 11.9.